The van der Waals surface area contributed by atoms with Gasteiger partial charge in [0, 0.05) is 37.0 Å². The van der Waals surface area contributed by atoms with Crippen LogP contribution in [0.15, 0.2) is 59.1 Å². The molecule has 0 N–H and O–H groups in total. The second-order valence-corrected chi connectivity index (χ2v) is 6.69. The van der Waals surface area contributed by atoms with Gasteiger partial charge in [0.15, 0.2) is 0 Å². The molecule has 28 heavy (non-hydrogen) atoms. The molecule has 2 aromatic carbocycles. The summed E-state index contributed by atoms with van der Waals surface area (Å²) in [6.07, 6.45) is 0. The normalized spacial score (nSPS) is 14.1. The van der Waals surface area contributed by atoms with E-state index >= 15 is 0 Å². The molecule has 0 bridgehead atoms. The number of ether oxygens (including phenoxy) is 1. The standard InChI is InChI=1S/C21H22N4O3/c1-24(15-19-22-20(23-28-19)16-5-3-2-4-6-16)21(26)17-7-9-18(10-8-17)25-11-13-27-14-12-25/h2-10H,11-15H2,1H3. The van der Waals surface area contributed by atoms with Crippen LogP contribution in [-0.2, 0) is 11.3 Å². The summed E-state index contributed by atoms with van der Waals surface area (Å²) in [6.45, 7) is 3.46. The fraction of sp³-hybridized carbons (Fsp3) is 0.286. The molecular weight excluding hydrogens is 356 g/mol. The molecule has 1 aromatic heterocycles. The minimum atomic E-state index is -0.0898. The molecule has 4 rings (SSSR count). The lowest BCUT2D eigenvalue weighted by Gasteiger charge is -2.29. The van der Waals surface area contributed by atoms with Gasteiger partial charge in [-0.3, -0.25) is 4.79 Å². The van der Waals surface area contributed by atoms with Crippen LogP contribution in [0, 0.1) is 0 Å². The zero-order valence-electron chi connectivity index (χ0n) is 15.7. The predicted octanol–water partition coefficient (Wildman–Crippen LogP) is 2.85. The van der Waals surface area contributed by atoms with Crippen LogP contribution in [0.4, 0.5) is 5.69 Å². The van der Waals surface area contributed by atoms with E-state index in [0.717, 1.165) is 37.6 Å². The molecule has 7 nitrogen and oxygen atoms in total. The molecule has 0 radical (unpaired) electrons. The summed E-state index contributed by atoms with van der Waals surface area (Å²) in [5.41, 5.74) is 2.61. The lowest BCUT2D eigenvalue weighted by Crippen LogP contribution is -2.36. The molecule has 144 valence electrons. The highest BCUT2D eigenvalue weighted by Crippen LogP contribution is 2.19. The fourth-order valence-electron chi connectivity index (χ4n) is 3.16. The number of carbonyl (C=O) groups excluding carboxylic acids is 1. The van der Waals surface area contributed by atoms with Gasteiger partial charge in [-0.15, -0.1) is 0 Å². The van der Waals surface area contributed by atoms with Gasteiger partial charge < -0.3 is 19.1 Å². The van der Waals surface area contributed by atoms with Crippen molar-refractivity contribution in [2.75, 3.05) is 38.3 Å². The molecule has 1 amide bonds. The maximum Gasteiger partial charge on any atom is 0.254 e. The average molecular weight is 378 g/mol. The van der Waals surface area contributed by atoms with Crippen molar-refractivity contribution < 1.29 is 14.1 Å². The number of hydrogen-bond donors (Lipinski definition) is 0. The van der Waals surface area contributed by atoms with E-state index < -0.39 is 0 Å². The Labute approximate surface area is 163 Å². The van der Waals surface area contributed by atoms with Gasteiger partial charge in [-0.25, -0.2) is 0 Å². The summed E-state index contributed by atoms with van der Waals surface area (Å²) in [5, 5.41) is 4.00. The average Bonchev–Trinajstić information content (AvgIpc) is 3.23. The molecule has 0 spiro atoms. The van der Waals surface area contributed by atoms with Gasteiger partial charge in [0.1, 0.15) is 0 Å². The zero-order valence-corrected chi connectivity index (χ0v) is 15.7. The van der Waals surface area contributed by atoms with Gasteiger partial charge in [-0.2, -0.15) is 4.98 Å². The molecule has 7 heteroatoms. The van der Waals surface area contributed by atoms with Crippen molar-refractivity contribution in [3.8, 4) is 11.4 Å². The summed E-state index contributed by atoms with van der Waals surface area (Å²) < 4.78 is 10.7. The number of anilines is 1. The smallest absolute Gasteiger partial charge is 0.254 e. The van der Waals surface area contributed by atoms with Crippen LogP contribution in [-0.4, -0.2) is 54.3 Å². The zero-order chi connectivity index (χ0) is 19.3. The number of carbonyl (C=O) groups is 1. The summed E-state index contributed by atoms with van der Waals surface area (Å²) in [6, 6.07) is 17.3. The van der Waals surface area contributed by atoms with E-state index in [1.807, 2.05) is 54.6 Å². The lowest BCUT2D eigenvalue weighted by molar-refractivity contribution is 0.0769. The fourth-order valence-corrected chi connectivity index (χ4v) is 3.16. The first kappa shape index (κ1) is 18.2. The Morgan fingerprint density at radius 2 is 1.79 bits per heavy atom. The summed E-state index contributed by atoms with van der Waals surface area (Å²) in [7, 11) is 1.73. The Morgan fingerprint density at radius 3 is 2.50 bits per heavy atom. The molecule has 1 aliphatic heterocycles. The van der Waals surface area contributed by atoms with Crippen LogP contribution in [0.2, 0.25) is 0 Å². The quantitative estimate of drug-likeness (QED) is 0.680. The number of benzene rings is 2. The van der Waals surface area contributed by atoms with Crippen LogP contribution >= 0.6 is 0 Å². The van der Waals surface area contributed by atoms with E-state index in [2.05, 4.69) is 15.0 Å². The van der Waals surface area contributed by atoms with Crippen LogP contribution in [0.1, 0.15) is 16.2 Å². The molecule has 0 saturated carbocycles. The highest BCUT2D eigenvalue weighted by molar-refractivity contribution is 5.94. The van der Waals surface area contributed by atoms with Crippen molar-refractivity contribution in [1.29, 1.82) is 0 Å². The summed E-state index contributed by atoms with van der Waals surface area (Å²) in [5.74, 6) is 0.832. The molecule has 1 aliphatic rings. The first-order valence-electron chi connectivity index (χ1n) is 9.27. The first-order valence-corrected chi connectivity index (χ1v) is 9.27. The Balaban J connectivity index is 1.40. The van der Waals surface area contributed by atoms with Crippen molar-refractivity contribution in [1.82, 2.24) is 15.0 Å². The van der Waals surface area contributed by atoms with Crippen LogP contribution in [0.5, 0.6) is 0 Å². The van der Waals surface area contributed by atoms with E-state index in [1.165, 1.54) is 0 Å². The van der Waals surface area contributed by atoms with Crippen molar-refractivity contribution in [3.63, 3.8) is 0 Å². The van der Waals surface area contributed by atoms with Gasteiger partial charge >= 0.3 is 0 Å². The summed E-state index contributed by atoms with van der Waals surface area (Å²) >= 11 is 0. The lowest BCUT2D eigenvalue weighted by atomic mass is 10.1. The molecule has 1 saturated heterocycles. The monoisotopic (exact) mass is 378 g/mol. The predicted molar refractivity (Wildman–Crippen MR) is 105 cm³/mol. The highest BCUT2D eigenvalue weighted by Gasteiger charge is 2.17. The number of hydrogen-bond acceptors (Lipinski definition) is 6. The van der Waals surface area contributed by atoms with Crippen molar-refractivity contribution >= 4 is 11.6 Å². The SMILES string of the molecule is CN(Cc1nc(-c2ccccc2)no1)C(=O)c1ccc(N2CCOCC2)cc1. The maximum absolute atomic E-state index is 12.7. The van der Waals surface area contributed by atoms with Gasteiger partial charge in [0.25, 0.3) is 5.91 Å². The topological polar surface area (TPSA) is 71.7 Å². The minimum Gasteiger partial charge on any atom is -0.378 e. The Bertz CT molecular complexity index is 918. The van der Waals surface area contributed by atoms with Gasteiger partial charge in [0.05, 0.1) is 19.8 Å². The highest BCUT2D eigenvalue weighted by atomic mass is 16.5. The second-order valence-electron chi connectivity index (χ2n) is 6.69. The molecule has 0 unspecified atom stereocenters. The minimum absolute atomic E-state index is 0.0898. The van der Waals surface area contributed by atoms with Crippen LogP contribution in [0.3, 0.4) is 0 Å². The third kappa shape index (κ3) is 4.04. The van der Waals surface area contributed by atoms with Gasteiger partial charge in [-0.05, 0) is 24.3 Å². The van der Waals surface area contributed by atoms with Gasteiger partial charge in [-0.1, -0.05) is 35.5 Å². The van der Waals surface area contributed by atoms with Crippen molar-refractivity contribution in [3.05, 3.63) is 66.1 Å². The molecule has 0 aliphatic carbocycles. The molecule has 3 aromatic rings. The molecule has 2 heterocycles. The third-order valence-corrected chi connectivity index (χ3v) is 4.71. The van der Waals surface area contributed by atoms with E-state index in [4.69, 9.17) is 9.26 Å². The largest absolute Gasteiger partial charge is 0.378 e. The number of rotatable bonds is 5. The van der Waals surface area contributed by atoms with E-state index in [9.17, 15) is 4.79 Å². The number of morpholine rings is 1. The number of nitrogens with zero attached hydrogens (tertiary/aromatic N) is 4. The number of aromatic nitrogens is 2. The number of amides is 1. The summed E-state index contributed by atoms with van der Waals surface area (Å²) in [4.78, 5) is 20.9. The molecule has 1 fully saturated rings. The van der Waals surface area contributed by atoms with Crippen LogP contribution in [0.25, 0.3) is 11.4 Å². The first-order chi connectivity index (χ1) is 13.7. The Morgan fingerprint density at radius 1 is 1.07 bits per heavy atom. The van der Waals surface area contributed by atoms with E-state index in [1.54, 1.807) is 11.9 Å². The van der Waals surface area contributed by atoms with E-state index in [0.29, 0.717) is 17.3 Å². The van der Waals surface area contributed by atoms with Crippen molar-refractivity contribution in [2.24, 2.45) is 0 Å². The second kappa shape index (κ2) is 8.22. The van der Waals surface area contributed by atoms with Crippen molar-refractivity contribution in [2.45, 2.75) is 6.54 Å². The third-order valence-electron chi connectivity index (χ3n) is 4.71. The molecular formula is C21H22N4O3. The maximum atomic E-state index is 12.7. The van der Waals surface area contributed by atoms with E-state index in [-0.39, 0.29) is 12.5 Å². The Hall–Kier alpha value is -3.19. The van der Waals surface area contributed by atoms with Crippen LogP contribution < -0.4 is 4.90 Å². The molecule has 0 atom stereocenters. The Kier molecular flexibility index (Phi) is 5.34. The van der Waals surface area contributed by atoms with Gasteiger partial charge in [0.2, 0.25) is 11.7 Å².